The first-order valence-corrected chi connectivity index (χ1v) is 5.01. The second-order valence-electron chi connectivity index (χ2n) is 2.85. The number of nitrogens with zero attached hydrogens (tertiary/aromatic N) is 1. The summed E-state index contributed by atoms with van der Waals surface area (Å²) in [5.74, 6) is -1.95. The molecule has 1 aromatic heterocycles. The molecule has 17 heavy (non-hydrogen) atoms. The summed E-state index contributed by atoms with van der Waals surface area (Å²) in [7, 11) is 0. The third-order valence-corrected chi connectivity index (χ3v) is 2.92. The van der Waals surface area contributed by atoms with Gasteiger partial charge in [-0.15, -0.1) is 0 Å². The lowest BCUT2D eigenvalue weighted by Crippen LogP contribution is -2.18. The molecule has 94 valence electrons. The van der Waals surface area contributed by atoms with Crippen LogP contribution in [0.25, 0.3) is 0 Å². The number of pyridine rings is 1. The zero-order chi connectivity index (χ0) is 13.4. The number of alkyl halides is 5. The van der Waals surface area contributed by atoms with Crippen LogP contribution in [-0.2, 0) is 6.18 Å². The molecule has 1 N–H and O–H groups in total. The molecule has 0 saturated heterocycles. The van der Waals surface area contributed by atoms with Crippen molar-refractivity contribution in [1.82, 2.24) is 4.98 Å². The number of halogens is 6. The predicted octanol–water partition coefficient (Wildman–Crippen LogP) is 3.34. The first-order chi connectivity index (χ1) is 7.66. The quantitative estimate of drug-likeness (QED) is 0.645. The first kappa shape index (κ1) is 14.1. The van der Waals surface area contributed by atoms with E-state index in [1.54, 1.807) is 0 Å². The summed E-state index contributed by atoms with van der Waals surface area (Å²) in [6, 6.07) is 0. The Bertz CT molecular complexity index is 460. The van der Waals surface area contributed by atoms with Gasteiger partial charge in [0.15, 0.2) is 5.69 Å². The number of carboxylic acid groups (broad SMARTS) is 1. The average molecular weight is 367 g/mol. The van der Waals surface area contributed by atoms with Gasteiger partial charge in [-0.25, -0.2) is 13.6 Å². The van der Waals surface area contributed by atoms with Crippen LogP contribution in [0.2, 0.25) is 0 Å². The highest BCUT2D eigenvalue weighted by atomic mass is 127. The summed E-state index contributed by atoms with van der Waals surface area (Å²) >= 11 is 1.14. The SMILES string of the molecule is O=C(O)c1c(C(F)(F)F)ncc(C(F)F)c1I. The molecule has 0 aliphatic carbocycles. The van der Waals surface area contributed by atoms with Crippen molar-refractivity contribution in [2.75, 3.05) is 0 Å². The number of hydrogen-bond acceptors (Lipinski definition) is 2. The third kappa shape index (κ3) is 2.82. The minimum absolute atomic E-state index is 0.335. The largest absolute Gasteiger partial charge is 0.478 e. The Labute approximate surface area is 105 Å². The monoisotopic (exact) mass is 367 g/mol. The Morgan fingerprint density at radius 3 is 2.29 bits per heavy atom. The average Bonchev–Trinajstić information content (AvgIpc) is 2.14. The minimum Gasteiger partial charge on any atom is -0.478 e. The molecule has 0 aliphatic heterocycles. The van der Waals surface area contributed by atoms with Crippen molar-refractivity contribution < 1.29 is 31.9 Å². The minimum atomic E-state index is -5.01. The molecule has 0 saturated carbocycles. The van der Waals surface area contributed by atoms with Crippen LogP contribution in [0.3, 0.4) is 0 Å². The van der Waals surface area contributed by atoms with E-state index in [0.29, 0.717) is 6.20 Å². The number of carboxylic acids is 1. The Morgan fingerprint density at radius 2 is 1.94 bits per heavy atom. The molecule has 0 fully saturated rings. The number of rotatable bonds is 2. The number of aromatic carboxylic acids is 1. The van der Waals surface area contributed by atoms with Crippen LogP contribution in [-0.4, -0.2) is 16.1 Å². The molecule has 0 bridgehead atoms. The van der Waals surface area contributed by atoms with Gasteiger partial charge in [0.1, 0.15) is 5.56 Å². The van der Waals surface area contributed by atoms with Crippen molar-refractivity contribution in [1.29, 1.82) is 0 Å². The van der Waals surface area contributed by atoms with Crippen molar-refractivity contribution in [3.05, 3.63) is 26.6 Å². The topological polar surface area (TPSA) is 50.2 Å². The van der Waals surface area contributed by atoms with E-state index in [1.807, 2.05) is 0 Å². The van der Waals surface area contributed by atoms with Crippen LogP contribution in [0, 0.1) is 3.57 Å². The molecule has 1 rings (SSSR count). The van der Waals surface area contributed by atoms with E-state index in [4.69, 9.17) is 5.11 Å². The van der Waals surface area contributed by atoms with E-state index in [2.05, 4.69) is 4.98 Å². The van der Waals surface area contributed by atoms with Gasteiger partial charge in [0, 0.05) is 9.77 Å². The van der Waals surface area contributed by atoms with Gasteiger partial charge >= 0.3 is 12.1 Å². The number of carbonyl (C=O) groups is 1. The third-order valence-electron chi connectivity index (χ3n) is 1.76. The molecular weight excluding hydrogens is 364 g/mol. The summed E-state index contributed by atoms with van der Waals surface area (Å²) in [5.41, 5.74) is -3.77. The van der Waals surface area contributed by atoms with Gasteiger partial charge in [0.25, 0.3) is 6.43 Å². The normalized spacial score (nSPS) is 11.9. The smallest absolute Gasteiger partial charge is 0.434 e. The van der Waals surface area contributed by atoms with Crippen LogP contribution < -0.4 is 0 Å². The fraction of sp³-hybridized carbons (Fsp3) is 0.250. The van der Waals surface area contributed by atoms with E-state index >= 15 is 0 Å². The van der Waals surface area contributed by atoms with E-state index < -0.39 is 39.0 Å². The van der Waals surface area contributed by atoms with Crippen molar-refractivity contribution in [3.8, 4) is 0 Å². The fourth-order valence-electron chi connectivity index (χ4n) is 1.07. The highest BCUT2D eigenvalue weighted by molar-refractivity contribution is 14.1. The Kier molecular flexibility index (Phi) is 3.89. The predicted molar refractivity (Wildman–Crippen MR) is 53.9 cm³/mol. The summed E-state index contributed by atoms with van der Waals surface area (Å²) in [5, 5.41) is 8.63. The zero-order valence-electron chi connectivity index (χ0n) is 7.73. The first-order valence-electron chi connectivity index (χ1n) is 3.93. The van der Waals surface area contributed by atoms with Crippen molar-refractivity contribution in [2.45, 2.75) is 12.6 Å². The van der Waals surface area contributed by atoms with Crippen molar-refractivity contribution in [3.63, 3.8) is 0 Å². The Morgan fingerprint density at radius 1 is 1.41 bits per heavy atom. The maximum Gasteiger partial charge on any atom is 0.434 e. The van der Waals surface area contributed by atoms with Gasteiger partial charge in [-0.1, -0.05) is 0 Å². The molecule has 0 spiro atoms. The Hall–Kier alpha value is -1.00. The molecule has 3 nitrogen and oxygen atoms in total. The summed E-state index contributed by atoms with van der Waals surface area (Å²) < 4.78 is 61.3. The van der Waals surface area contributed by atoms with E-state index in [-0.39, 0.29) is 0 Å². The van der Waals surface area contributed by atoms with Crippen LogP contribution in [0.1, 0.15) is 28.0 Å². The molecule has 0 unspecified atom stereocenters. The van der Waals surface area contributed by atoms with Gasteiger partial charge < -0.3 is 5.11 Å². The summed E-state index contributed by atoms with van der Waals surface area (Å²) in [4.78, 5) is 13.4. The molecule has 0 amide bonds. The molecular formula is C8H3F5INO2. The van der Waals surface area contributed by atoms with Gasteiger partial charge in [0.05, 0.1) is 5.56 Å². The van der Waals surface area contributed by atoms with Crippen molar-refractivity contribution >= 4 is 28.6 Å². The van der Waals surface area contributed by atoms with Crippen LogP contribution in [0.4, 0.5) is 22.0 Å². The second kappa shape index (κ2) is 4.70. The zero-order valence-corrected chi connectivity index (χ0v) is 9.88. The van der Waals surface area contributed by atoms with Crippen molar-refractivity contribution in [2.24, 2.45) is 0 Å². The number of aromatic nitrogens is 1. The second-order valence-corrected chi connectivity index (χ2v) is 3.93. The van der Waals surface area contributed by atoms with Crippen LogP contribution in [0.15, 0.2) is 6.20 Å². The maximum atomic E-state index is 12.4. The molecule has 1 aromatic rings. The number of hydrogen-bond donors (Lipinski definition) is 1. The fourth-order valence-corrected chi connectivity index (χ4v) is 1.93. The van der Waals surface area contributed by atoms with Crippen LogP contribution >= 0.6 is 22.6 Å². The highest BCUT2D eigenvalue weighted by Gasteiger charge is 2.39. The maximum absolute atomic E-state index is 12.4. The van der Waals surface area contributed by atoms with Gasteiger partial charge in [-0.2, -0.15) is 13.2 Å². The lowest BCUT2D eigenvalue weighted by Gasteiger charge is -2.12. The lowest BCUT2D eigenvalue weighted by atomic mass is 10.1. The standard InChI is InChI=1S/C8H3F5INO2/c9-6(10)2-1-15-5(8(11,12)13)3(4(2)14)7(16)17/h1,6H,(H,16,17). The molecule has 0 radical (unpaired) electrons. The van der Waals surface area contributed by atoms with E-state index in [1.165, 1.54) is 0 Å². The highest BCUT2D eigenvalue weighted by Crippen LogP contribution is 2.35. The van der Waals surface area contributed by atoms with E-state index in [9.17, 15) is 26.7 Å². The van der Waals surface area contributed by atoms with Crippen LogP contribution in [0.5, 0.6) is 0 Å². The molecule has 0 aliphatic rings. The van der Waals surface area contributed by atoms with Gasteiger partial charge in [-0.05, 0) is 22.6 Å². The molecule has 9 heteroatoms. The van der Waals surface area contributed by atoms with E-state index in [0.717, 1.165) is 22.6 Å². The molecule has 0 aromatic carbocycles. The van der Waals surface area contributed by atoms with Gasteiger partial charge in [0.2, 0.25) is 0 Å². The summed E-state index contributed by atoms with van der Waals surface area (Å²) in [6.07, 6.45) is -7.76. The summed E-state index contributed by atoms with van der Waals surface area (Å²) in [6.45, 7) is 0. The Balaban J connectivity index is 3.57. The van der Waals surface area contributed by atoms with Gasteiger partial charge in [-0.3, -0.25) is 4.98 Å². The molecule has 1 heterocycles. The molecule has 0 atom stereocenters. The lowest BCUT2D eigenvalue weighted by molar-refractivity contribution is -0.141.